The summed E-state index contributed by atoms with van der Waals surface area (Å²) in [6, 6.07) is 16.8. The van der Waals surface area contributed by atoms with Crippen LogP contribution in [0.15, 0.2) is 48.5 Å². The second-order valence-corrected chi connectivity index (χ2v) is 8.15. The van der Waals surface area contributed by atoms with E-state index in [0.717, 1.165) is 69.5 Å². The molecule has 1 N–H and O–H groups in total. The molecule has 1 aliphatic rings. The zero-order valence-electron chi connectivity index (χ0n) is 17.2. The molecule has 1 aromatic heterocycles. The molecule has 3 aromatic rings. The Labute approximate surface area is 178 Å². The minimum absolute atomic E-state index is 0.795. The van der Waals surface area contributed by atoms with Crippen LogP contribution in [0.1, 0.15) is 23.2 Å². The van der Waals surface area contributed by atoms with Gasteiger partial charge in [0, 0.05) is 47.8 Å². The average Bonchev–Trinajstić information content (AvgIpc) is 3.02. The van der Waals surface area contributed by atoms with Gasteiger partial charge in [0.1, 0.15) is 0 Å². The monoisotopic (exact) mass is 411 g/mol. The van der Waals surface area contributed by atoms with Crippen LogP contribution < -0.4 is 5.32 Å². The molecule has 0 spiro atoms. The van der Waals surface area contributed by atoms with Gasteiger partial charge in [-0.1, -0.05) is 48.0 Å². The molecule has 0 atom stereocenters. The predicted molar refractivity (Wildman–Crippen MR) is 121 cm³/mol. The first-order valence-corrected chi connectivity index (χ1v) is 10.9. The molecule has 1 fully saturated rings. The predicted octanol–water partition coefficient (Wildman–Crippen LogP) is 4.46. The van der Waals surface area contributed by atoms with Gasteiger partial charge in [0.25, 0.3) is 0 Å². The first-order chi connectivity index (χ1) is 14.2. The number of ether oxygens (including phenoxy) is 1. The van der Waals surface area contributed by atoms with Crippen molar-refractivity contribution in [2.75, 3.05) is 39.4 Å². The molecule has 2 aromatic carbocycles. The number of rotatable bonds is 8. The maximum absolute atomic E-state index is 6.43. The van der Waals surface area contributed by atoms with Crippen LogP contribution in [0, 0.1) is 6.92 Å². The Kier molecular flexibility index (Phi) is 6.88. The van der Waals surface area contributed by atoms with Crippen LogP contribution in [0.25, 0.3) is 10.9 Å². The number of hydrogen-bond acceptors (Lipinski definition) is 3. The lowest BCUT2D eigenvalue weighted by atomic mass is 10.1. The maximum atomic E-state index is 6.43. The lowest BCUT2D eigenvalue weighted by Crippen LogP contribution is -2.37. The molecule has 0 aliphatic carbocycles. The smallest absolute Gasteiger partial charge is 0.0594 e. The third-order valence-corrected chi connectivity index (χ3v) is 6.25. The van der Waals surface area contributed by atoms with Crippen molar-refractivity contribution in [3.63, 3.8) is 0 Å². The number of nitrogens with one attached hydrogen (secondary N) is 1. The largest absolute Gasteiger partial charge is 0.379 e. The van der Waals surface area contributed by atoms with Gasteiger partial charge < -0.3 is 14.6 Å². The van der Waals surface area contributed by atoms with E-state index in [1.165, 1.54) is 22.2 Å². The summed E-state index contributed by atoms with van der Waals surface area (Å²) in [6.07, 6.45) is 1.16. The molecule has 1 saturated heterocycles. The van der Waals surface area contributed by atoms with Gasteiger partial charge in [0.2, 0.25) is 0 Å². The first kappa shape index (κ1) is 20.4. The molecule has 4 nitrogen and oxygen atoms in total. The number of hydrogen-bond donors (Lipinski definition) is 1. The number of halogens is 1. The van der Waals surface area contributed by atoms with E-state index < -0.39 is 0 Å². The van der Waals surface area contributed by atoms with Crippen molar-refractivity contribution in [1.82, 2.24) is 14.8 Å². The Balaban J connectivity index is 1.44. The molecular weight excluding hydrogens is 382 g/mol. The molecule has 0 saturated carbocycles. The van der Waals surface area contributed by atoms with Gasteiger partial charge >= 0.3 is 0 Å². The Morgan fingerprint density at radius 2 is 1.79 bits per heavy atom. The van der Waals surface area contributed by atoms with Crippen LogP contribution in [0.4, 0.5) is 0 Å². The zero-order chi connectivity index (χ0) is 20.1. The van der Waals surface area contributed by atoms with Crippen LogP contribution in [0.2, 0.25) is 5.02 Å². The zero-order valence-corrected chi connectivity index (χ0v) is 17.9. The van der Waals surface area contributed by atoms with Crippen LogP contribution in [0.3, 0.4) is 0 Å². The summed E-state index contributed by atoms with van der Waals surface area (Å²) >= 11 is 6.43. The third-order valence-electron chi connectivity index (χ3n) is 5.88. The van der Waals surface area contributed by atoms with E-state index >= 15 is 0 Å². The summed E-state index contributed by atoms with van der Waals surface area (Å²) in [6.45, 7) is 9.96. The molecule has 0 radical (unpaired) electrons. The van der Waals surface area contributed by atoms with Crippen LogP contribution in [0.5, 0.6) is 0 Å². The summed E-state index contributed by atoms with van der Waals surface area (Å²) in [5.74, 6) is 0. The highest BCUT2D eigenvalue weighted by atomic mass is 35.5. The molecule has 1 aliphatic heterocycles. The molecule has 0 bridgehead atoms. The highest BCUT2D eigenvalue weighted by Crippen LogP contribution is 2.28. The summed E-state index contributed by atoms with van der Waals surface area (Å²) in [5.41, 5.74) is 5.13. The SMILES string of the molecule is Cc1c(CNCCCN2CCOCC2)c2ccccc2n1Cc1ccccc1Cl. The van der Waals surface area contributed by atoms with E-state index in [9.17, 15) is 0 Å². The van der Waals surface area contributed by atoms with Crippen molar-refractivity contribution in [2.24, 2.45) is 0 Å². The topological polar surface area (TPSA) is 29.4 Å². The van der Waals surface area contributed by atoms with Crippen molar-refractivity contribution in [3.05, 3.63) is 70.4 Å². The minimum atomic E-state index is 0.795. The van der Waals surface area contributed by atoms with E-state index in [0.29, 0.717) is 0 Å². The Hall–Kier alpha value is -1.85. The highest BCUT2D eigenvalue weighted by molar-refractivity contribution is 6.31. The number of morpholine rings is 1. The molecular formula is C24H30ClN3O. The van der Waals surface area contributed by atoms with Crippen molar-refractivity contribution < 1.29 is 4.74 Å². The fourth-order valence-electron chi connectivity index (χ4n) is 4.19. The van der Waals surface area contributed by atoms with Gasteiger partial charge in [-0.3, -0.25) is 4.90 Å². The van der Waals surface area contributed by atoms with Crippen molar-refractivity contribution >= 4 is 22.5 Å². The summed E-state index contributed by atoms with van der Waals surface area (Å²) in [5, 5.41) is 5.82. The Morgan fingerprint density at radius 3 is 2.62 bits per heavy atom. The fraction of sp³-hybridized carbons (Fsp3) is 0.417. The first-order valence-electron chi connectivity index (χ1n) is 10.5. The van der Waals surface area contributed by atoms with Gasteiger partial charge in [0.05, 0.1) is 13.2 Å². The molecule has 2 heterocycles. The van der Waals surface area contributed by atoms with E-state index in [1.54, 1.807) is 0 Å². The van der Waals surface area contributed by atoms with E-state index in [-0.39, 0.29) is 0 Å². The number of nitrogens with zero attached hydrogens (tertiary/aromatic N) is 2. The third kappa shape index (κ3) is 4.84. The van der Waals surface area contributed by atoms with E-state index in [4.69, 9.17) is 16.3 Å². The quantitative estimate of drug-likeness (QED) is 0.555. The van der Waals surface area contributed by atoms with E-state index in [1.807, 2.05) is 12.1 Å². The molecule has 4 rings (SSSR count). The lowest BCUT2D eigenvalue weighted by Gasteiger charge is -2.26. The van der Waals surface area contributed by atoms with Crippen LogP contribution in [-0.2, 0) is 17.8 Å². The van der Waals surface area contributed by atoms with Crippen LogP contribution >= 0.6 is 11.6 Å². The molecule has 0 unspecified atom stereocenters. The minimum Gasteiger partial charge on any atom is -0.379 e. The Morgan fingerprint density at radius 1 is 1.03 bits per heavy atom. The highest BCUT2D eigenvalue weighted by Gasteiger charge is 2.15. The summed E-state index contributed by atoms with van der Waals surface area (Å²) < 4.78 is 7.81. The normalized spacial score (nSPS) is 15.2. The molecule has 29 heavy (non-hydrogen) atoms. The number of aromatic nitrogens is 1. The van der Waals surface area contributed by atoms with Gasteiger partial charge in [0.15, 0.2) is 0 Å². The molecule has 0 amide bonds. The van der Waals surface area contributed by atoms with Gasteiger partial charge in [-0.15, -0.1) is 0 Å². The van der Waals surface area contributed by atoms with Crippen molar-refractivity contribution in [3.8, 4) is 0 Å². The lowest BCUT2D eigenvalue weighted by molar-refractivity contribution is 0.0374. The average molecular weight is 412 g/mol. The van der Waals surface area contributed by atoms with Crippen molar-refractivity contribution in [2.45, 2.75) is 26.4 Å². The second kappa shape index (κ2) is 9.77. The number of fused-ring (bicyclic) bond motifs is 1. The molecule has 5 heteroatoms. The Bertz CT molecular complexity index is 946. The second-order valence-electron chi connectivity index (χ2n) is 7.74. The van der Waals surface area contributed by atoms with Crippen LogP contribution in [-0.4, -0.2) is 48.9 Å². The number of benzene rings is 2. The molecule has 154 valence electrons. The summed E-state index contributed by atoms with van der Waals surface area (Å²) in [7, 11) is 0. The van der Waals surface area contributed by atoms with Gasteiger partial charge in [-0.05, 0) is 49.7 Å². The fourth-order valence-corrected chi connectivity index (χ4v) is 4.39. The van der Waals surface area contributed by atoms with Crippen molar-refractivity contribution in [1.29, 1.82) is 0 Å². The standard InChI is InChI=1S/C24H30ClN3O/c1-19-22(17-26-11-6-12-27-13-15-29-16-14-27)21-8-3-5-10-24(21)28(19)18-20-7-2-4-9-23(20)25/h2-5,7-10,26H,6,11-18H2,1H3. The van der Waals surface area contributed by atoms with Gasteiger partial charge in [-0.2, -0.15) is 0 Å². The van der Waals surface area contributed by atoms with E-state index in [2.05, 4.69) is 58.1 Å². The summed E-state index contributed by atoms with van der Waals surface area (Å²) in [4.78, 5) is 2.49. The van der Waals surface area contributed by atoms with Gasteiger partial charge in [-0.25, -0.2) is 0 Å². The number of para-hydroxylation sites is 1. The maximum Gasteiger partial charge on any atom is 0.0594 e.